The Balaban J connectivity index is 2.06. The van der Waals surface area contributed by atoms with Crippen LogP contribution in [-0.2, 0) is 4.79 Å². The number of amides is 1. The SMILES string of the molecule is CC1CNCC(C(=O)Nc2ccccc2N(C)C)C1. The maximum atomic E-state index is 12.3. The van der Waals surface area contributed by atoms with E-state index in [9.17, 15) is 4.79 Å². The molecule has 1 aromatic rings. The molecule has 0 aromatic heterocycles. The van der Waals surface area contributed by atoms with Gasteiger partial charge < -0.3 is 15.5 Å². The van der Waals surface area contributed by atoms with E-state index >= 15 is 0 Å². The maximum Gasteiger partial charge on any atom is 0.228 e. The number of benzene rings is 1. The van der Waals surface area contributed by atoms with Gasteiger partial charge in [0.1, 0.15) is 0 Å². The van der Waals surface area contributed by atoms with Gasteiger partial charge in [0.15, 0.2) is 0 Å². The third kappa shape index (κ3) is 3.47. The quantitative estimate of drug-likeness (QED) is 0.874. The zero-order valence-electron chi connectivity index (χ0n) is 11.9. The van der Waals surface area contributed by atoms with Crippen LogP contribution in [0.15, 0.2) is 24.3 Å². The summed E-state index contributed by atoms with van der Waals surface area (Å²) < 4.78 is 0. The lowest BCUT2D eigenvalue weighted by Crippen LogP contribution is -2.41. The molecule has 1 fully saturated rings. The Morgan fingerprint density at radius 1 is 1.32 bits per heavy atom. The second-order valence-corrected chi connectivity index (χ2v) is 5.60. The van der Waals surface area contributed by atoms with E-state index in [-0.39, 0.29) is 11.8 Å². The molecule has 4 heteroatoms. The number of rotatable bonds is 3. The highest BCUT2D eigenvalue weighted by Crippen LogP contribution is 2.25. The molecular formula is C15H23N3O. The molecular weight excluding hydrogens is 238 g/mol. The fraction of sp³-hybridized carbons (Fsp3) is 0.533. The summed E-state index contributed by atoms with van der Waals surface area (Å²) in [5, 5.41) is 6.38. The van der Waals surface area contributed by atoms with Crippen LogP contribution in [0.1, 0.15) is 13.3 Å². The molecule has 0 radical (unpaired) electrons. The smallest absolute Gasteiger partial charge is 0.228 e. The van der Waals surface area contributed by atoms with Crippen LogP contribution < -0.4 is 15.5 Å². The highest BCUT2D eigenvalue weighted by molar-refractivity contribution is 5.96. The number of anilines is 2. The van der Waals surface area contributed by atoms with Gasteiger partial charge in [-0.25, -0.2) is 0 Å². The number of nitrogens with one attached hydrogen (secondary N) is 2. The molecule has 1 heterocycles. The summed E-state index contributed by atoms with van der Waals surface area (Å²) in [6, 6.07) is 7.89. The van der Waals surface area contributed by atoms with Gasteiger partial charge in [-0.3, -0.25) is 4.79 Å². The van der Waals surface area contributed by atoms with E-state index in [4.69, 9.17) is 0 Å². The van der Waals surface area contributed by atoms with E-state index in [0.717, 1.165) is 30.9 Å². The first-order valence-corrected chi connectivity index (χ1v) is 6.86. The Hall–Kier alpha value is -1.55. The summed E-state index contributed by atoms with van der Waals surface area (Å²) in [4.78, 5) is 14.3. The van der Waals surface area contributed by atoms with Gasteiger partial charge in [-0.1, -0.05) is 19.1 Å². The number of piperidine rings is 1. The molecule has 19 heavy (non-hydrogen) atoms. The molecule has 0 bridgehead atoms. The van der Waals surface area contributed by atoms with Crippen molar-refractivity contribution in [1.82, 2.24) is 5.32 Å². The molecule has 104 valence electrons. The fourth-order valence-electron chi connectivity index (χ4n) is 2.56. The zero-order valence-corrected chi connectivity index (χ0v) is 11.9. The summed E-state index contributed by atoms with van der Waals surface area (Å²) in [6.07, 6.45) is 0.961. The number of carbonyl (C=O) groups excluding carboxylic acids is 1. The van der Waals surface area contributed by atoms with Crippen LogP contribution in [0.25, 0.3) is 0 Å². The lowest BCUT2D eigenvalue weighted by molar-refractivity contribution is -0.120. The summed E-state index contributed by atoms with van der Waals surface area (Å²) in [5.41, 5.74) is 1.92. The monoisotopic (exact) mass is 261 g/mol. The Labute approximate surface area is 115 Å². The van der Waals surface area contributed by atoms with Crippen LogP contribution >= 0.6 is 0 Å². The van der Waals surface area contributed by atoms with E-state index < -0.39 is 0 Å². The van der Waals surface area contributed by atoms with Gasteiger partial charge in [0.2, 0.25) is 5.91 Å². The number of hydrogen-bond acceptors (Lipinski definition) is 3. The first-order chi connectivity index (χ1) is 9.08. The van der Waals surface area contributed by atoms with Crippen molar-refractivity contribution < 1.29 is 4.79 Å². The first kappa shape index (κ1) is 13.9. The molecule has 1 saturated heterocycles. The Morgan fingerprint density at radius 3 is 2.74 bits per heavy atom. The van der Waals surface area contributed by atoms with E-state index in [2.05, 4.69) is 17.6 Å². The predicted molar refractivity (Wildman–Crippen MR) is 79.5 cm³/mol. The minimum Gasteiger partial charge on any atom is -0.376 e. The van der Waals surface area contributed by atoms with E-state index in [0.29, 0.717) is 5.92 Å². The van der Waals surface area contributed by atoms with Crippen LogP contribution in [0, 0.1) is 11.8 Å². The molecule has 4 nitrogen and oxygen atoms in total. The van der Waals surface area contributed by atoms with Gasteiger partial charge in [-0.15, -0.1) is 0 Å². The minimum absolute atomic E-state index is 0.0685. The number of nitrogens with zero attached hydrogens (tertiary/aromatic N) is 1. The highest BCUT2D eigenvalue weighted by atomic mass is 16.1. The normalized spacial score (nSPS) is 22.9. The van der Waals surface area contributed by atoms with E-state index in [1.54, 1.807) is 0 Å². The lowest BCUT2D eigenvalue weighted by atomic mass is 9.91. The standard InChI is InChI=1S/C15H23N3O/c1-11-8-12(10-16-9-11)15(19)17-13-6-4-5-7-14(13)18(2)3/h4-7,11-12,16H,8-10H2,1-3H3,(H,17,19). The summed E-state index contributed by atoms with van der Waals surface area (Å²) in [6.45, 7) is 3.97. The van der Waals surface area contributed by atoms with Crippen LogP contribution in [0.4, 0.5) is 11.4 Å². The van der Waals surface area contributed by atoms with Crippen molar-refractivity contribution in [2.75, 3.05) is 37.4 Å². The van der Waals surface area contributed by atoms with Gasteiger partial charge in [0.25, 0.3) is 0 Å². The summed E-state index contributed by atoms with van der Waals surface area (Å²) in [7, 11) is 3.96. The van der Waals surface area contributed by atoms with Crippen molar-refractivity contribution in [3.05, 3.63) is 24.3 Å². The fourth-order valence-corrected chi connectivity index (χ4v) is 2.56. The summed E-state index contributed by atoms with van der Waals surface area (Å²) in [5.74, 6) is 0.751. The molecule has 2 N–H and O–H groups in total. The van der Waals surface area contributed by atoms with Crippen molar-refractivity contribution >= 4 is 17.3 Å². The van der Waals surface area contributed by atoms with Crippen LogP contribution in [0.3, 0.4) is 0 Å². The average molecular weight is 261 g/mol. The maximum absolute atomic E-state index is 12.3. The average Bonchev–Trinajstić information content (AvgIpc) is 2.39. The van der Waals surface area contributed by atoms with Crippen molar-refractivity contribution in [2.45, 2.75) is 13.3 Å². The first-order valence-electron chi connectivity index (χ1n) is 6.86. The molecule has 2 unspecified atom stereocenters. The predicted octanol–water partition coefficient (Wildman–Crippen LogP) is 1.94. The molecule has 2 atom stereocenters. The van der Waals surface area contributed by atoms with Gasteiger partial charge in [-0.2, -0.15) is 0 Å². The van der Waals surface area contributed by atoms with E-state index in [1.807, 2.05) is 43.3 Å². The highest BCUT2D eigenvalue weighted by Gasteiger charge is 2.25. The molecule has 1 amide bonds. The molecule has 1 aliphatic heterocycles. The molecule has 1 aliphatic rings. The lowest BCUT2D eigenvalue weighted by Gasteiger charge is -2.27. The Morgan fingerprint density at radius 2 is 2.05 bits per heavy atom. The van der Waals surface area contributed by atoms with Crippen molar-refractivity contribution in [3.8, 4) is 0 Å². The number of carbonyl (C=O) groups is 1. The number of hydrogen-bond donors (Lipinski definition) is 2. The van der Waals surface area contributed by atoms with Crippen LogP contribution in [-0.4, -0.2) is 33.1 Å². The Kier molecular flexibility index (Phi) is 4.43. The molecule has 2 rings (SSSR count). The zero-order chi connectivity index (χ0) is 13.8. The second-order valence-electron chi connectivity index (χ2n) is 5.60. The minimum atomic E-state index is 0.0685. The third-order valence-electron chi connectivity index (χ3n) is 3.58. The van der Waals surface area contributed by atoms with Crippen molar-refractivity contribution in [1.29, 1.82) is 0 Å². The topological polar surface area (TPSA) is 44.4 Å². The molecule has 0 saturated carbocycles. The van der Waals surface area contributed by atoms with E-state index in [1.165, 1.54) is 0 Å². The Bertz CT molecular complexity index is 445. The molecule has 0 aliphatic carbocycles. The number of para-hydroxylation sites is 2. The van der Waals surface area contributed by atoms with Crippen molar-refractivity contribution in [3.63, 3.8) is 0 Å². The van der Waals surface area contributed by atoms with Crippen LogP contribution in [0.5, 0.6) is 0 Å². The molecule has 0 spiro atoms. The summed E-state index contributed by atoms with van der Waals surface area (Å²) >= 11 is 0. The van der Waals surface area contributed by atoms with Crippen molar-refractivity contribution in [2.24, 2.45) is 11.8 Å². The van der Waals surface area contributed by atoms with Gasteiger partial charge in [0.05, 0.1) is 17.3 Å². The second kappa shape index (κ2) is 6.06. The largest absolute Gasteiger partial charge is 0.376 e. The third-order valence-corrected chi connectivity index (χ3v) is 3.58. The van der Waals surface area contributed by atoms with Gasteiger partial charge in [0, 0.05) is 20.6 Å². The van der Waals surface area contributed by atoms with Gasteiger partial charge >= 0.3 is 0 Å². The molecule has 1 aromatic carbocycles. The van der Waals surface area contributed by atoms with Crippen LogP contribution in [0.2, 0.25) is 0 Å². The van der Waals surface area contributed by atoms with Gasteiger partial charge in [-0.05, 0) is 31.0 Å².